The molecule has 1 saturated heterocycles. The van der Waals surface area contributed by atoms with Crippen LogP contribution in [0, 0.1) is 0 Å². The highest BCUT2D eigenvalue weighted by molar-refractivity contribution is 5.92. The van der Waals surface area contributed by atoms with Crippen molar-refractivity contribution in [1.82, 2.24) is 14.9 Å². The van der Waals surface area contributed by atoms with Crippen LogP contribution < -0.4 is 4.74 Å². The molecule has 0 radical (unpaired) electrons. The molecule has 6 nitrogen and oxygen atoms in total. The second-order valence-corrected chi connectivity index (χ2v) is 5.68. The van der Waals surface area contributed by atoms with Gasteiger partial charge in [-0.3, -0.25) is 9.78 Å². The Balaban J connectivity index is 1.67. The van der Waals surface area contributed by atoms with E-state index in [0.29, 0.717) is 13.2 Å². The fourth-order valence-corrected chi connectivity index (χ4v) is 2.52. The van der Waals surface area contributed by atoms with Crippen LogP contribution in [0.5, 0.6) is 5.75 Å². The van der Waals surface area contributed by atoms with Gasteiger partial charge in [-0.25, -0.2) is 4.98 Å². The second kappa shape index (κ2) is 7.69. The molecule has 138 valence electrons. The van der Waals surface area contributed by atoms with Gasteiger partial charge >= 0.3 is 6.18 Å². The minimum Gasteiger partial charge on any atom is -0.486 e. The third-order valence-corrected chi connectivity index (χ3v) is 3.79. The molecule has 0 aliphatic carbocycles. The lowest BCUT2D eigenvalue weighted by molar-refractivity contribution is -0.137. The predicted molar refractivity (Wildman–Crippen MR) is 84.6 cm³/mol. The number of aromatic nitrogens is 2. The summed E-state index contributed by atoms with van der Waals surface area (Å²) in [6, 6.07) is 4.41. The SMILES string of the molecule is O=C(c1cnccn1)N1CCOCC(Oc2ccc(C(F)(F)F)cc2)C1. The molecule has 1 fully saturated rings. The summed E-state index contributed by atoms with van der Waals surface area (Å²) in [7, 11) is 0. The van der Waals surface area contributed by atoms with E-state index in [4.69, 9.17) is 9.47 Å². The lowest BCUT2D eigenvalue weighted by Gasteiger charge is -2.24. The van der Waals surface area contributed by atoms with Gasteiger partial charge in [0.2, 0.25) is 0 Å². The highest BCUT2D eigenvalue weighted by Gasteiger charge is 2.30. The van der Waals surface area contributed by atoms with E-state index in [1.165, 1.54) is 35.6 Å². The van der Waals surface area contributed by atoms with Crippen LogP contribution in [0.1, 0.15) is 16.1 Å². The van der Waals surface area contributed by atoms with Gasteiger partial charge in [0, 0.05) is 18.9 Å². The van der Waals surface area contributed by atoms with Gasteiger partial charge in [0.1, 0.15) is 17.5 Å². The van der Waals surface area contributed by atoms with Crippen LogP contribution in [-0.2, 0) is 10.9 Å². The molecule has 1 aromatic carbocycles. The molecule has 3 rings (SSSR count). The molecule has 0 bridgehead atoms. The highest BCUT2D eigenvalue weighted by Crippen LogP contribution is 2.30. The molecule has 2 heterocycles. The first-order chi connectivity index (χ1) is 12.4. The maximum Gasteiger partial charge on any atom is 0.416 e. The quantitative estimate of drug-likeness (QED) is 0.834. The number of carbonyl (C=O) groups excluding carboxylic acids is 1. The lowest BCUT2D eigenvalue weighted by Crippen LogP contribution is -2.40. The first-order valence-corrected chi connectivity index (χ1v) is 7.90. The number of hydrogen-bond donors (Lipinski definition) is 0. The van der Waals surface area contributed by atoms with Crippen molar-refractivity contribution < 1.29 is 27.4 Å². The van der Waals surface area contributed by atoms with E-state index >= 15 is 0 Å². The number of hydrogen-bond acceptors (Lipinski definition) is 5. The molecule has 0 saturated carbocycles. The van der Waals surface area contributed by atoms with Crippen LogP contribution in [0.3, 0.4) is 0 Å². The lowest BCUT2D eigenvalue weighted by atomic mass is 10.2. The molecule has 0 N–H and O–H groups in total. The van der Waals surface area contributed by atoms with Gasteiger partial charge in [0.05, 0.1) is 31.5 Å². The third kappa shape index (κ3) is 4.48. The number of ether oxygens (including phenoxy) is 2. The van der Waals surface area contributed by atoms with Crippen molar-refractivity contribution in [3.8, 4) is 5.75 Å². The molecule has 9 heteroatoms. The average Bonchev–Trinajstić information content (AvgIpc) is 2.87. The fourth-order valence-electron chi connectivity index (χ4n) is 2.52. The highest BCUT2D eigenvalue weighted by atomic mass is 19.4. The van der Waals surface area contributed by atoms with E-state index < -0.39 is 17.8 Å². The molecule has 1 atom stereocenters. The van der Waals surface area contributed by atoms with E-state index in [1.54, 1.807) is 0 Å². The van der Waals surface area contributed by atoms with Crippen LogP contribution in [0.4, 0.5) is 13.2 Å². The van der Waals surface area contributed by atoms with Crippen LogP contribution in [-0.4, -0.2) is 53.2 Å². The second-order valence-electron chi connectivity index (χ2n) is 5.68. The molecular weight excluding hydrogens is 351 g/mol. The normalized spacial score (nSPS) is 18.3. The van der Waals surface area contributed by atoms with Crippen molar-refractivity contribution in [3.63, 3.8) is 0 Å². The summed E-state index contributed by atoms with van der Waals surface area (Å²) >= 11 is 0. The first kappa shape index (κ1) is 18.1. The molecule has 1 aliphatic rings. The van der Waals surface area contributed by atoms with Crippen LogP contribution in [0.25, 0.3) is 0 Å². The molecule has 1 aliphatic heterocycles. The van der Waals surface area contributed by atoms with Gasteiger partial charge in [-0.05, 0) is 24.3 Å². The van der Waals surface area contributed by atoms with Gasteiger partial charge < -0.3 is 14.4 Å². The molecule has 1 aromatic heterocycles. The topological polar surface area (TPSA) is 64.6 Å². The number of nitrogens with zero attached hydrogens (tertiary/aromatic N) is 3. The Bertz CT molecular complexity index is 738. The summed E-state index contributed by atoms with van der Waals surface area (Å²) in [5, 5.41) is 0. The molecular formula is C17H16F3N3O3. The zero-order chi connectivity index (χ0) is 18.6. The number of alkyl halides is 3. The van der Waals surface area contributed by atoms with Crippen molar-refractivity contribution in [3.05, 3.63) is 54.1 Å². The molecule has 1 amide bonds. The van der Waals surface area contributed by atoms with Crippen LogP contribution in [0.2, 0.25) is 0 Å². The molecule has 1 unspecified atom stereocenters. The zero-order valence-corrected chi connectivity index (χ0v) is 13.6. The van der Waals surface area contributed by atoms with Gasteiger partial charge in [-0.2, -0.15) is 13.2 Å². The molecule has 26 heavy (non-hydrogen) atoms. The standard InChI is InChI=1S/C17H16F3N3O3/c18-17(19,20)12-1-3-13(4-2-12)26-14-10-23(7-8-25-11-14)16(24)15-9-21-5-6-22-15/h1-6,9,14H,7-8,10-11H2. The van der Waals surface area contributed by atoms with Crippen molar-refractivity contribution in [2.75, 3.05) is 26.3 Å². The van der Waals surface area contributed by atoms with Crippen LogP contribution in [0.15, 0.2) is 42.9 Å². The summed E-state index contributed by atoms with van der Waals surface area (Å²) in [6.45, 7) is 1.16. The maximum absolute atomic E-state index is 12.6. The number of amides is 1. The Kier molecular flexibility index (Phi) is 5.36. The van der Waals surface area contributed by atoms with Crippen molar-refractivity contribution in [2.45, 2.75) is 12.3 Å². The monoisotopic (exact) mass is 367 g/mol. The first-order valence-electron chi connectivity index (χ1n) is 7.90. The van der Waals surface area contributed by atoms with Crippen molar-refractivity contribution in [2.24, 2.45) is 0 Å². The molecule has 0 spiro atoms. The Labute approximate surface area is 147 Å². The zero-order valence-electron chi connectivity index (χ0n) is 13.6. The summed E-state index contributed by atoms with van der Waals surface area (Å²) in [4.78, 5) is 21.9. The number of halogens is 3. The summed E-state index contributed by atoms with van der Waals surface area (Å²) in [6.07, 6.45) is -0.629. The van der Waals surface area contributed by atoms with E-state index in [-0.39, 0.29) is 30.5 Å². The number of benzene rings is 1. The Morgan fingerprint density at radius 2 is 2.00 bits per heavy atom. The van der Waals surface area contributed by atoms with E-state index in [1.807, 2.05) is 0 Å². The Morgan fingerprint density at radius 3 is 2.65 bits per heavy atom. The van der Waals surface area contributed by atoms with E-state index in [9.17, 15) is 18.0 Å². The minimum atomic E-state index is -4.40. The number of carbonyl (C=O) groups is 1. The maximum atomic E-state index is 12.6. The Morgan fingerprint density at radius 1 is 1.23 bits per heavy atom. The van der Waals surface area contributed by atoms with Crippen LogP contribution >= 0.6 is 0 Å². The van der Waals surface area contributed by atoms with Crippen molar-refractivity contribution >= 4 is 5.91 Å². The van der Waals surface area contributed by atoms with E-state index in [2.05, 4.69) is 9.97 Å². The predicted octanol–water partition coefficient (Wildman–Crippen LogP) is 2.42. The fraction of sp³-hybridized carbons (Fsp3) is 0.353. The van der Waals surface area contributed by atoms with Gasteiger partial charge in [-0.15, -0.1) is 0 Å². The largest absolute Gasteiger partial charge is 0.486 e. The number of rotatable bonds is 3. The smallest absolute Gasteiger partial charge is 0.416 e. The third-order valence-electron chi connectivity index (χ3n) is 3.79. The van der Waals surface area contributed by atoms with E-state index in [0.717, 1.165) is 12.1 Å². The Hall–Kier alpha value is -2.68. The summed E-state index contributed by atoms with van der Waals surface area (Å²) < 4.78 is 49.0. The molecule has 2 aromatic rings. The average molecular weight is 367 g/mol. The van der Waals surface area contributed by atoms with Crippen molar-refractivity contribution in [1.29, 1.82) is 0 Å². The summed E-state index contributed by atoms with van der Waals surface area (Å²) in [5.74, 6) is -0.0231. The summed E-state index contributed by atoms with van der Waals surface area (Å²) in [5.41, 5.74) is -0.538. The van der Waals surface area contributed by atoms with Gasteiger partial charge in [0.15, 0.2) is 0 Å². The minimum absolute atomic E-state index is 0.211. The van der Waals surface area contributed by atoms with Gasteiger partial charge in [0.25, 0.3) is 5.91 Å². The van der Waals surface area contributed by atoms with Gasteiger partial charge in [-0.1, -0.05) is 0 Å².